The van der Waals surface area contributed by atoms with Crippen LogP contribution in [0.25, 0.3) is 0 Å². The van der Waals surface area contributed by atoms with E-state index in [1.54, 1.807) is 0 Å². The molecule has 0 aliphatic heterocycles. The van der Waals surface area contributed by atoms with Gasteiger partial charge in [-0.2, -0.15) is 0 Å². The Kier molecular flexibility index (Phi) is 3.86. The molecule has 82 valence electrons. The molecule has 15 heavy (non-hydrogen) atoms. The van der Waals surface area contributed by atoms with Crippen LogP contribution in [0, 0.1) is 13.8 Å². The minimum absolute atomic E-state index is 0.366. The molecule has 0 spiro atoms. The van der Waals surface area contributed by atoms with Gasteiger partial charge in [-0.15, -0.1) is 0 Å². The van der Waals surface area contributed by atoms with E-state index in [-0.39, 0.29) is 5.97 Å². The molecule has 0 aromatic heterocycles. The lowest BCUT2D eigenvalue weighted by Gasteiger charge is -2.11. The number of carbonyl (C=O) groups excluding carboxylic acids is 1. The molecule has 3 heteroatoms. The molecule has 0 aliphatic rings. The number of esters is 1. The van der Waals surface area contributed by atoms with Crippen LogP contribution in [0.15, 0.2) is 18.2 Å². The third-order valence-electron chi connectivity index (χ3n) is 2.44. The zero-order valence-corrected chi connectivity index (χ0v) is 9.41. The van der Waals surface area contributed by atoms with Crippen molar-refractivity contribution >= 4 is 5.97 Å². The van der Waals surface area contributed by atoms with E-state index < -0.39 is 6.04 Å². The van der Waals surface area contributed by atoms with Crippen molar-refractivity contribution in [2.45, 2.75) is 26.3 Å². The molecule has 1 aromatic carbocycles. The average molecular weight is 207 g/mol. The Hall–Kier alpha value is -1.35. The van der Waals surface area contributed by atoms with Gasteiger partial charge in [0.25, 0.3) is 0 Å². The van der Waals surface area contributed by atoms with E-state index in [1.165, 1.54) is 12.7 Å². The standard InChI is InChI=1S/C12H17NO2/c1-8-4-5-10(9(2)6-8)7-11(13)12(14)15-3/h4-6,11H,7,13H2,1-3H3/t11-/m0/s1. The van der Waals surface area contributed by atoms with E-state index in [0.717, 1.165) is 11.1 Å². The highest BCUT2D eigenvalue weighted by Crippen LogP contribution is 2.12. The number of methoxy groups -OCH3 is 1. The Labute approximate surface area is 90.2 Å². The number of rotatable bonds is 3. The van der Waals surface area contributed by atoms with E-state index in [0.29, 0.717) is 6.42 Å². The first-order chi connectivity index (χ1) is 7.04. The minimum Gasteiger partial charge on any atom is -0.468 e. The molecule has 0 saturated carbocycles. The summed E-state index contributed by atoms with van der Waals surface area (Å²) in [6, 6.07) is 5.54. The van der Waals surface area contributed by atoms with Crippen molar-refractivity contribution in [1.82, 2.24) is 0 Å². The van der Waals surface area contributed by atoms with Gasteiger partial charge in [-0.25, -0.2) is 0 Å². The van der Waals surface area contributed by atoms with Crippen LogP contribution in [0.4, 0.5) is 0 Å². The lowest BCUT2D eigenvalue weighted by Crippen LogP contribution is -2.33. The Morgan fingerprint density at radius 3 is 2.67 bits per heavy atom. The van der Waals surface area contributed by atoms with Gasteiger partial charge in [0.05, 0.1) is 7.11 Å². The van der Waals surface area contributed by atoms with Crippen LogP contribution in [0.1, 0.15) is 16.7 Å². The number of ether oxygens (including phenoxy) is 1. The molecule has 0 aliphatic carbocycles. The lowest BCUT2D eigenvalue weighted by molar-refractivity contribution is -0.142. The van der Waals surface area contributed by atoms with Gasteiger partial charge in [0.2, 0.25) is 0 Å². The molecule has 0 amide bonds. The second-order valence-electron chi connectivity index (χ2n) is 3.76. The van der Waals surface area contributed by atoms with Crippen LogP contribution in [0.5, 0.6) is 0 Å². The van der Waals surface area contributed by atoms with Crippen LogP contribution < -0.4 is 5.73 Å². The zero-order valence-electron chi connectivity index (χ0n) is 9.41. The maximum Gasteiger partial charge on any atom is 0.322 e. The fourth-order valence-electron chi connectivity index (χ4n) is 1.55. The number of aryl methyl sites for hydroxylation is 2. The lowest BCUT2D eigenvalue weighted by atomic mass is 10.00. The first kappa shape index (κ1) is 11.7. The van der Waals surface area contributed by atoms with E-state index in [9.17, 15) is 4.79 Å². The molecule has 0 heterocycles. The third-order valence-corrected chi connectivity index (χ3v) is 2.44. The van der Waals surface area contributed by atoms with Crippen molar-refractivity contribution in [3.63, 3.8) is 0 Å². The summed E-state index contributed by atoms with van der Waals surface area (Å²) in [5.74, 6) is -0.366. The van der Waals surface area contributed by atoms with Crippen molar-refractivity contribution in [2.75, 3.05) is 7.11 Å². The van der Waals surface area contributed by atoms with Crippen LogP contribution in [-0.2, 0) is 16.0 Å². The van der Waals surface area contributed by atoms with Crippen LogP contribution in [-0.4, -0.2) is 19.1 Å². The summed E-state index contributed by atoms with van der Waals surface area (Å²) in [6.07, 6.45) is 0.527. The molecule has 0 radical (unpaired) electrons. The summed E-state index contributed by atoms with van der Waals surface area (Å²) in [4.78, 5) is 11.1. The van der Waals surface area contributed by atoms with Gasteiger partial charge >= 0.3 is 5.97 Å². The molecule has 0 unspecified atom stereocenters. The number of hydrogen-bond acceptors (Lipinski definition) is 3. The third kappa shape index (κ3) is 3.06. The highest BCUT2D eigenvalue weighted by atomic mass is 16.5. The monoisotopic (exact) mass is 207 g/mol. The van der Waals surface area contributed by atoms with E-state index in [1.807, 2.05) is 26.0 Å². The van der Waals surface area contributed by atoms with Gasteiger partial charge in [-0.05, 0) is 31.4 Å². The van der Waals surface area contributed by atoms with Gasteiger partial charge in [-0.1, -0.05) is 23.8 Å². The summed E-state index contributed by atoms with van der Waals surface area (Å²) in [6.45, 7) is 4.06. The van der Waals surface area contributed by atoms with E-state index >= 15 is 0 Å². The highest BCUT2D eigenvalue weighted by Gasteiger charge is 2.14. The van der Waals surface area contributed by atoms with Crippen molar-refractivity contribution in [2.24, 2.45) is 5.73 Å². The minimum atomic E-state index is -0.573. The Balaban J connectivity index is 2.76. The molecular formula is C12H17NO2. The molecule has 1 rings (SSSR count). The van der Waals surface area contributed by atoms with Crippen molar-refractivity contribution in [3.05, 3.63) is 34.9 Å². The van der Waals surface area contributed by atoms with Gasteiger partial charge in [0.1, 0.15) is 6.04 Å². The molecule has 1 aromatic rings. The maximum absolute atomic E-state index is 11.1. The van der Waals surface area contributed by atoms with Gasteiger partial charge in [0, 0.05) is 0 Å². The first-order valence-electron chi connectivity index (χ1n) is 4.94. The summed E-state index contributed by atoms with van der Waals surface area (Å²) in [7, 11) is 1.35. The molecule has 1 atom stereocenters. The fraction of sp³-hybridized carbons (Fsp3) is 0.417. The Morgan fingerprint density at radius 2 is 2.13 bits per heavy atom. The molecule has 3 nitrogen and oxygen atoms in total. The summed E-state index contributed by atoms with van der Waals surface area (Å²) in [5.41, 5.74) is 9.16. The quantitative estimate of drug-likeness (QED) is 0.761. The second-order valence-corrected chi connectivity index (χ2v) is 3.76. The molecule has 0 bridgehead atoms. The smallest absolute Gasteiger partial charge is 0.322 e. The van der Waals surface area contributed by atoms with Gasteiger partial charge in [-0.3, -0.25) is 4.79 Å². The fourth-order valence-corrected chi connectivity index (χ4v) is 1.55. The van der Waals surface area contributed by atoms with Crippen molar-refractivity contribution in [1.29, 1.82) is 0 Å². The second kappa shape index (κ2) is 4.94. The van der Waals surface area contributed by atoms with Crippen molar-refractivity contribution < 1.29 is 9.53 Å². The summed E-state index contributed by atoms with van der Waals surface area (Å²) < 4.78 is 4.58. The van der Waals surface area contributed by atoms with Crippen LogP contribution in [0.2, 0.25) is 0 Å². The number of benzene rings is 1. The maximum atomic E-state index is 11.1. The first-order valence-corrected chi connectivity index (χ1v) is 4.94. The average Bonchev–Trinajstić information content (AvgIpc) is 2.20. The van der Waals surface area contributed by atoms with Gasteiger partial charge in [0.15, 0.2) is 0 Å². The number of hydrogen-bond donors (Lipinski definition) is 1. The number of carbonyl (C=O) groups is 1. The SMILES string of the molecule is COC(=O)[C@@H](N)Cc1ccc(C)cc1C. The van der Waals surface area contributed by atoms with Gasteiger partial charge < -0.3 is 10.5 Å². The summed E-state index contributed by atoms with van der Waals surface area (Å²) >= 11 is 0. The highest BCUT2D eigenvalue weighted by molar-refractivity contribution is 5.75. The zero-order chi connectivity index (χ0) is 11.4. The largest absolute Gasteiger partial charge is 0.468 e. The Morgan fingerprint density at radius 1 is 1.47 bits per heavy atom. The summed E-state index contributed by atoms with van der Waals surface area (Å²) in [5, 5.41) is 0. The van der Waals surface area contributed by atoms with E-state index in [2.05, 4.69) is 10.8 Å². The Bertz CT molecular complexity index is 361. The number of nitrogens with two attached hydrogens (primary N) is 1. The molecule has 2 N–H and O–H groups in total. The normalized spacial score (nSPS) is 12.3. The molecule has 0 saturated heterocycles. The van der Waals surface area contributed by atoms with Crippen LogP contribution >= 0.6 is 0 Å². The predicted octanol–water partition coefficient (Wildman–Crippen LogP) is 1.35. The molecule has 0 fully saturated rings. The van der Waals surface area contributed by atoms with Crippen molar-refractivity contribution in [3.8, 4) is 0 Å². The topological polar surface area (TPSA) is 52.3 Å². The molecular weight excluding hydrogens is 190 g/mol. The predicted molar refractivity (Wildman–Crippen MR) is 59.6 cm³/mol. The van der Waals surface area contributed by atoms with E-state index in [4.69, 9.17) is 5.73 Å². The van der Waals surface area contributed by atoms with Crippen LogP contribution in [0.3, 0.4) is 0 Å².